The molecule has 5 rings (SSSR count). The van der Waals surface area contributed by atoms with Gasteiger partial charge < -0.3 is 15.5 Å². The first-order valence-electron chi connectivity index (χ1n) is 12.5. The Kier molecular flexibility index (Phi) is 6.88. The van der Waals surface area contributed by atoms with Crippen LogP contribution in [0.15, 0.2) is 54.6 Å². The third kappa shape index (κ3) is 4.70. The molecule has 2 aliphatic heterocycles. The number of hydrogen-bond donors (Lipinski definition) is 2. The molecule has 3 heterocycles. The molecule has 1 atom stereocenters. The van der Waals surface area contributed by atoms with Crippen molar-refractivity contribution in [1.82, 2.24) is 10.2 Å². The predicted molar refractivity (Wildman–Crippen MR) is 142 cm³/mol. The van der Waals surface area contributed by atoms with Gasteiger partial charge in [0.15, 0.2) is 0 Å². The number of benzene rings is 2. The van der Waals surface area contributed by atoms with Crippen LogP contribution in [0.5, 0.6) is 0 Å². The Morgan fingerprint density at radius 3 is 2.44 bits per heavy atom. The Labute approximate surface area is 206 Å². The molecule has 2 aliphatic rings. The first-order valence-corrected chi connectivity index (χ1v) is 13.3. The average molecular weight is 475 g/mol. The number of amides is 1. The SMILES string of the molecule is CCCN(CCC)c1ccc([C@H]2NC(=O)c3c(sc4c3CCN(Cc3ccccc3)C4)N2)cc1. The van der Waals surface area contributed by atoms with Gasteiger partial charge in [-0.1, -0.05) is 56.3 Å². The molecular formula is C28H34N4OS. The lowest BCUT2D eigenvalue weighted by Crippen LogP contribution is -2.38. The van der Waals surface area contributed by atoms with Crippen LogP contribution < -0.4 is 15.5 Å². The summed E-state index contributed by atoms with van der Waals surface area (Å²) < 4.78 is 0. The molecule has 178 valence electrons. The van der Waals surface area contributed by atoms with E-state index in [1.807, 2.05) is 0 Å². The third-order valence-electron chi connectivity index (χ3n) is 6.74. The number of fused-ring (bicyclic) bond motifs is 3. The molecule has 2 N–H and O–H groups in total. The summed E-state index contributed by atoms with van der Waals surface area (Å²) in [7, 11) is 0. The van der Waals surface area contributed by atoms with Crippen molar-refractivity contribution >= 4 is 27.9 Å². The third-order valence-corrected chi connectivity index (χ3v) is 7.89. The summed E-state index contributed by atoms with van der Waals surface area (Å²) in [5, 5.41) is 7.84. The van der Waals surface area contributed by atoms with Gasteiger partial charge in [0.2, 0.25) is 0 Å². The zero-order chi connectivity index (χ0) is 23.5. The first kappa shape index (κ1) is 22.9. The van der Waals surface area contributed by atoms with Gasteiger partial charge in [-0.15, -0.1) is 11.3 Å². The fourth-order valence-corrected chi connectivity index (χ4v) is 6.41. The van der Waals surface area contributed by atoms with E-state index >= 15 is 0 Å². The lowest BCUT2D eigenvalue weighted by atomic mass is 10.00. The highest BCUT2D eigenvalue weighted by atomic mass is 32.1. The normalized spacial score (nSPS) is 17.5. The maximum atomic E-state index is 13.2. The van der Waals surface area contributed by atoms with Crippen molar-refractivity contribution in [3.05, 3.63) is 81.7 Å². The molecule has 0 saturated heterocycles. The molecule has 3 aromatic rings. The zero-order valence-electron chi connectivity index (χ0n) is 20.1. The van der Waals surface area contributed by atoms with Crippen molar-refractivity contribution in [2.45, 2.75) is 52.4 Å². The van der Waals surface area contributed by atoms with Crippen molar-refractivity contribution < 1.29 is 4.79 Å². The van der Waals surface area contributed by atoms with Gasteiger partial charge in [-0.2, -0.15) is 0 Å². The van der Waals surface area contributed by atoms with Crippen molar-refractivity contribution in [2.75, 3.05) is 29.9 Å². The predicted octanol–water partition coefficient (Wildman–Crippen LogP) is 5.79. The quantitative estimate of drug-likeness (QED) is 0.434. The fraction of sp³-hybridized carbons (Fsp3) is 0.393. The van der Waals surface area contributed by atoms with Crippen LogP contribution >= 0.6 is 11.3 Å². The van der Waals surface area contributed by atoms with Crippen LogP contribution in [-0.2, 0) is 19.5 Å². The van der Waals surface area contributed by atoms with Crippen LogP contribution in [-0.4, -0.2) is 30.4 Å². The molecule has 5 nitrogen and oxygen atoms in total. The molecule has 1 amide bonds. The number of thiophene rings is 1. The summed E-state index contributed by atoms with van der Waals surface area (Å²) in [4.78, 5) is 19.4. The van der Waals surface area contributed by atoms with Crippen LogP contribution in [0, 0.1) is 0 Å². The van der Waals surface area contributed by atoms with Gasteiger partial charge in [0.1, 0.15) is 11.2 Å². The lowest BCUT2D eigenvalue weighted by Gasteiger charge is -2.29. The summed E-state index contributed by atoms with van der Waals surface area (Å²) in [6.07, 6.45) is 3.00. The molecule has 1 aromatic heterocycles. The minimum absolute atomic E-state index is 0.0513. The minimum Gasteiger partial charge on any atom is -0.372 e. The van der Waals surface area contributed by atoms with Crippen molar-refractivity contribution in [3.63, 3.8) is 0 Å². The summed E-state index contributed by atoms with van der Waals surface area (Å²) in [5.74, 6) is 0.0513. The van der Waals surface area contributed by atoms with E-state index in [9.17, 15) is 4.79 Å². The van der Waals surface area contributed by atoms with E-state index in [1.54, 1.807) is 11.3 Å². The summed E-state index contributed by atoms with van der Waals surface area (Å²) in [6.45, 7) is 9.41. The van der Waals surface area contributed by atoms with E-state index in [0.29, 0.717) is 0 Å². The van der Waals surface area contributed by atoms with E-state index in [-0.39, 0.29) is 12.1 Å². The Balaban J connectivity index is 1.31. The molecule has 0 fully saturated rings. The Hall–Kier alpha value is -2.83. The molecule has 0 radical (unpaired) electrons. The molecule has 2 aromatic carbocycles. The first-order chi connectivity index (χ1) is 16.7. The number of carbonyl (C=O) groups is 1. The molecule has 0 saturated carbocycles. The molecule has 0 unspecified atom stereocenters. The zero-order valence-corrected chi connectivity index (χ0v) is 21.0. The van der Waals surface area contributed by atoms with Gasteiger partial charge in [0.05, 0.1) is 5.56 Å². The summed E-state index contributed by atoms with van der Waals surface area (Å²) in [6, 6.07) is 19.3. The van der Waals surface area contributed by atoms with Gasteiger partial charge in [0, 0.05) is 43.3 Å². The van der Waals surface area contributed by atoms with E-state index in [4.69, 9.17) is 0 Å². The number of nitrogens with one attached hydrogen (secondary N) is 2. The minimum atomic E-state index is -0.194. The monoisotopic (exact) mass is 474 g/mol. The van der Waals surface area contributed by atoms with E-state index in [1.165, 1.54) is 21.7 Å². The van der Waals surface area contributed by atoms with Gasteiger partial charge >= 0.3 is 0 Å². The topological polar surface area (TPSA) is 47.6 Å². The van der Waals surface area contributed by atoms with E-state index in [0.717, 1.165) is 68.1 Å². The standard InChI is InChI=1S/C28H34N4OS/c1-3-15-32(16-4-2)22-12-10-21(11-13-22)26-29-27(33)25-23-14-17-31(18-20-8-6-5-7-9-20)19-24(23)34-28(25)30-26/h5-13,26,30H,3-4,14-19H2,1-2H3,(H,29,33)/t26-/m0/s1. The van der Waals surface area contributed by atoms with Gasteiger partial charge in [-0.05, 0) is 48.1 Å². The number of anilines is 2. The van der Waals surface area contributed by atoms with Crippen molar-refractivity contribution in [2.24, 2.45) is 0 Å². The lowest BCUT2D eigenvalue weighted by molar-refractivity contribution is 0.0934. The summed E-state index contributed by atoms with van der Waals surface area (Å²) >= 11 is 1.75. The number of carbonyl (C=O) groups excluding carboxylic acids is 1. The maximum Gasteiger partial charge on any atom is 0.256 e. The highest BCUT2D eigenvalue weighted by molar-refractivity contribution is 7.16. The fourth-order valence-electron chi connectivity index (χ4n) is 5.10. The Morgan fingerprint density at radius 1 is 1.00 bits per heavy atom. The highest BCUT2D eigenvalue weighted by Crippen LogP contribution is 2.41. The molecule has 0 aliphatic carbocycles. The number of rotatable bonds is 8. The number of hydrogen-bond acceptors (Lipinski definition) is 5. The number of nitrogens with zero attached hydrogens (tertiary/aromatic N) is 2. The second kappa shape index (κ2) is 10.2. The van der Waals surface area contributed by atoms with Crippen LogP contribution in [0.2, 0.25) is 0 Å². The molecule has 6 heteroatoms. The Morgan fingerprint density at radius 2 is 1.74 bits per heavy atom. The van der Waals surface area contributed by atoms with Crippen LogP contribution in [0.25, 0.3) is 0 Å². The second-order valence-corrected chi connectivity index (χ2v) is 10.4. The summed E-state index contributed by atoms with van der Waals surface area (Å²) in [5.41, 5.74) is 5.78. The van der Waals surface area contributed by atoms with Crippen molar-refractivity contribution in [3.8, 4) is 0 Å². The molecule has 0 bridgehead atoms. The van der Waals surface area contributed by atoms with E-state index in [2.05, 4.69) is 88.9 Å². The van der Waals surface area contributed by atoms with Gasteiger partial charge in [-0.25, -0.2) is 0 Å². The van der Waals surface area contributed by atoms with Gasteiger partial charge in [0.25, 0.3) is 5.91 Å². The smallest absolute Gasteiger partial charge is 0.256 e. The molecule has 34 heavy (non-hydrogen) atoms. The largest absolute Gasteiger partial charge is 0.372 e. The Bertz CT molecular complexity index is 1120. The highest BCUT2D eigenvalue weighted by Gasteiger charge is 2.33. The molecular weight excluding hydrogens is 440 g/mol. The molecule has 0 spiro atoms. The van der Waals surface area contributed by atoms with Crippen molar-refractivity contribution in [1.29, 1.82) is 0 Å². The van der Waals surface area contributed by atoms with Crippen LogP contribution in [0.3, 0.4) is 0 Å². The van der Waals surface area contributed by atoms with E-state index < -0.39 is 0 Å². The second-order valence-electron chi connectivity index (χ2n) is 9.28. The maximum absolute atomic E-state index is 13.2. The van der Waals surface area contributed by atoms with Crippen LogP contribution in [0.1, 0.15) is 64.8 Å². The average Bonchev–Trinajstić information content (AvgIpc) is 3.23. The van der Waals surface area contributed by atoms with Gasteiger partial charge in [-0.3, -0.25) is 9.69 Å². The van der Waals surface area contributed by atoms with Crippen LogP contribution in [0.4, 0.5) is 10.7 Å².